The van der Waals surface area contributed by atoms with Gasteiger partial charge in [0.15, 0.2) is 5.69 Å². The van der Waals surface area contributed by atoms with E-state index in [0.717, 1.165) is 12.1 Å². The van der Waals surface area contributed by atoms with Gasteiger partial charge in [-0.25, -0.2) is 4.79 Å². The normalized spacial score (nSPS) is 10.2. The fourth-order valence-electron chi connectivity index (χ4n) is 1.46. The zero-order chi connectivity index (χ0) is 13.8. The molecule has 0 radical (unpaired) electrons. The Labute approximate surface area is 113 Å². The fourth-order valence-corrected chi connectivity index (χ4v) is 2.23. The van der Waals surface area contributed by atoms with Gasteiger partial charge in [0.2, 0.25) is 0 Å². The molecule has 0 aliphatic heterocycles. The third-order valence-corrected chi connectivity index (χ3v) is 3.35. The monoisotopic (exact) mass is 279 g/mol. The van der Waals surface area contributed by atoms with E-state index in [-0.39, 0.29) is 5.91 Å². The van der Waals surface area contributed by atoms with E-state index in [1.807, 2.05) is 6.92 Å². The number of rotatable bonds is 4. The van der Waals surface area contributed by atoms with E-state index in [9.17, 15) is 9.59 Å². The predicted molar refractivity (Wildman–Crippen MR) is 71.6 cm³/mol. The van der Waals surface area contributed by atoms with Gasteiger partial charge in [0, 0.05) is 11.1 Å². The van der Waals surface area contributed by atoms with E-state index in [4.69, 9.17) is 0 Å². The van der Waals surface area contributed by atoms with Crippen LogP contribution in [0.25, 0.3) is 0 Å². The first-order chi connectivity index (χ1) is 9.13. The van der Waals surface area contributed by atoms with Gasteiger partial charge in [0.25, 0.3) is 5.91 Å². The molecule has 6 nitrogen and oxygen atoms in total. The summed E-state index contributed by atoms with van der Waals surface area (Å²) in [7, 11) is 1.31. The highest BCUT2D eigenvalue weighted by atomic mass is 32.1. The van der Waals surface area contributed by atoms with Crippen molar-refractivity contribution in [2.45, 2.75) is 13.3 Å². The molecule has 0 fully saturated rings. The van der Waals surface area contributed by atoms with Gasteiger partial charge in [-0.2, -0.15) is 5.10 Å². The summed E-state index contributed by atoms with van der Waals surface area (Å²) in [6.07, 6.45) is 0.784. The molecule has 0 aromatic carbocycles. The van der Waals surface area contributed by atoms with Gasteiger partial charge in [0.05, 0.1) is 17.7 Å². The number of aromatic nitrogens is 2. The van der Waals surface area contributed by atoms with E-state index in [0.29, 0.717) is 16.3 Å². The second-order valence-corrected chi connectivity index (χ2v) is 4.69. The number of anilines is 1. The number of carbonyl (C=O) groups excluding carboxylic acids is 2. The van der Waals surface area contributed by atoms with Crippen LogP contribution >= 0.6 is 11.3 Å². The molecule has 1 amide bonds. The molecular formula is C12H13N3O3S. The first kappa shape index (κ1) is 13.3. The first-order valence-corrected chi connectivity index (χ1v) is 6.54. The van der Waals surface area contributed by atoms with Crippen LogP contribution in [0.2, 0.25) is 0 Å². The quantitative estimate of drug-likeness (QED) is 0.839. The molecule has 2 aromatic heterocycles. The van der Waals surface area contributed by atoms with Crippen LogP contribution in [0.15, 0.2) is 17.5 Å². The maximum absolute atomic E-state index is 11.9. The molecule has 2 aromatic rings. The Morgan fingerprint density at radius 3 is 2.89 bits per heavy atom. The van der Waals surface area contributed by atoms with E-state index in [1.54, 1.807) is 17.5 Å². The number of methoxy groups -OCH3 is 1. The summed E-state index contributed by atoms with van der Waals surface area (Å²) in [4.78, 5) is 23.2. The predicted octanol–water partition coefficient (Wildman–Crippen LogP) is 2.07. The second-order valence-electron chi connectivity index (χ2n) is 3.78. The highest BCUT2D eigenvalue weighted by Gasteiger charge is 2.13. The molecule has 100 valence electrons. The lowest BCUT2D eigenvalue weighted by Crippen LogP contribution is -2.11. The number of ether oxygens (including phenoxy) is 1. The van der Waals surface area contributed by atoms with Crippen molar-refractivity contribution in [3.05, 3.63) is 34.5 Å². The molecule has 0 saturated carbocycles. The van der Waals surface area contributed by atoms with E-state index < -0.39 is 5.97 Å². The summed E-state index contributed by atoms with van der Waals surface area (Å²) in [6, 6.07) is 3.27. The maximum Gasteiger partial charge on any atom is 0.338 e. The zero-order valence-corrected chi connectivity index (χ0v) is 11.3. The molecule has 0 aliphatic carbocycles. The van der Waals surface area contributed by atoms with Crippen molar-refractivity contribution < 1.29 is 14.3 Å². The van der Waals surface area contributed by atoms with E-state index in [1.165, 1.54) is 18.4 Å². The van der Waals surface area contributed by atoms with Crippen LogP contribution in [-0.2, 0) is 11.2 Å². The molecule has 0 atom stereocenters. The van der Waals surface area contributed by atoms with Gasteiger partial charge < -0.3 is 10.1 Å². The molecule has 0 unspecified atom stereocenters. The third-order valence-electron chi connectivity index (χ3n) is 2.50. The summed E-state index contributed by atoms with van der Waals surface area (Å²) in [6.45, 7) is 1.97. The minimum atomic E-state index is -0.426. The Kier molecular flexibility index (Phi) is 3.96. The Balaban J connectivity index is 2.06. The lowest BCUT2D eigenvalue weighted by Gasteiger charge is -1.97. The van der Waals surface area contributed by atoms with Crippen molar-refractivity contribution >= 4 is 28.2 Å². The van der Waals surface area contributed by atoms with Crippen LogP contribution in [-0.4, -0.2) is 29.2 Å². The minimum absolute atomic E-state index is 0.311. The standard InChI is InChI=1S/C12H13N3O3S/c1-3-8-5-9(15-14-8)11(16)13-10-4-7(6-19-10)12(17)18-2/h4-6H,3H2,1-2H3,(H,13,16)(H,14,15). The SMILES string of the molecule is CCc1cc(C(=O)Nc2cc(C(=O)OC)cs2)n[nH]1. The summed E-state index contributed by atoms with van der Waals surface area (Å²) >= 11 is 1.26. The van der Waals surface area contributed by atoms with Crippen molar-refractivity contribution in [1.82, 2.24) is 10.2 Å². The minimum Gasteiger partial charge on any atom is -0.465 e. The number of amides is 1. The number of nitrogens with one attached hydrogen (secondary N) is 2. The van der Waals surface area contributed by atoms with Crippen molar-refractivity contribution in [3.63, 3.8) is 0 Å². The van der Waals surface area contributed by atoms with Crippen molar-refractivity contribution in [2.75, 3.05) is 12.4 Å². The molecule has 0 aliphatic rings. The number of nitrogens with zero attached hydrogens (tertiary/aromatic N) is 1. The smallest absolute Gasteiger partial charge is 0.338 e. The van der Waals surface area contributed by atoms with Gasteiger partial charge in [-0.05, 0) is 18.6 Å². The van der Waals surface area contributed by atoms with Crippen molar-refractivity contribution in [2.24, 2.45) is 0 Å². The number of hydrogen-bond donors (Lipinski definition) is 2. The number of carbonyl (C=O) groups is 2. The molecule has 2 N–H and O–H groups in total. The number of aromatic amines is 1. The zero-order valence-electron chi connectivity index (χ0n) is 10.5. The van der Waals surface area contributed by atoms with Crippen LogP contribution in [0.4, 0.5) is 5.00 Å². The van der Waals surface area contributed by atoms with Gasteiger partial charge >= 0.3 is 5.97 Å². The Morgan fingerprint density at radius 1 is 1.47 bits per heavy atom. The Morgan fingerprint density at radius 2 is 2.26 bits per heavy atom. The maximum atomic E-state index is 11.9. The third kappa shape index (κ3) is 3.00. The summed E-state index contributed by atoms with van der Waals surface area (Å²) < 4.78 is 4.59. The van der Waals surface area contributed by atoms with Crippen LogP contribution in [0.5, 0.6) is 0 Å². The van der Waals surface area contributed by atoms with Gasteiger partial charge in [-0.3, -0.25) is 9.89 Å². The lowest BCUT2D eigenvalue weighted by atomic mass is 10.3. The van der Waals surface area contributed by atoms with Gasteiger partial charge in [-0.1, -0.05) is 6.92 Å². The summed E-state index contributed by atoms with van der Waals surface area (Å²) in [5, 5.41) is 11.6. The summed E-state index contributed by atoms with van der Waals surface area (Å²) in [5.74, 6) is -0.737. The highest BCUT2D eigenvalue weighted by Crippen LogP contribution is 2.21. The van der Waals surface area contributed by atoms with Crippen LogP contribution in [0.1, 0.15) is 33.5 Å². The van der Waals surface area contributed by atoms with Gasteiger partial charge in [0.1, 0.15) is 0 Å². The molecule has 0 saturated heterocycles. The lowest BCUT2D eigenvalue weighted by molar-refractivity contribution is 0.0601. The average Bonchev–Trinajstić information content (AvgIpc) is 3.06. The summed E-state index contributed by atoms with van der Waals surface area (Å²) in [5.41, 5.74) is 1.63. The Hall–Kier alpha value is -2.15. The molecular weight excluding hydrogens is 266 g/mol. The van der Waals surface area contributed by atoms with Crippen LogP contribution < -0.4 is 5.32 Å². The number of H-pyrrole nitrogens is 1. The number of thiophene rings is 1. The topological polar surface area (TPSA) is 84.1 Å². The molecule has 19 heavy (non-hydrogen) atoms. The fraction of sp³-hybridized carbons (Fsp3) is 0.250. The molecule has 0 bridgehead atoms. The number of esters is 1. The molecule has 7 heteroatoms. The van der Waals surface area contributed by atoms with E-state index in [2.05, 4.69) is 20.3 Å². The number of aryl methyl sites for hydroxylation is 1. The van der Waals surface area contributed by atoms with Gasteiger partial charge in [-0.15, -0.1) is 11.3 Å². The van der Waals surface area contributed by atoms with Crippen LogP contribution in [0.3, 0.4) is 0 Å². The Bertz CT molecular complexity index is 603. The molecule has 2 rings (SSSR count). The first-order valence-electron chi connectivity index (χ1n) is 5.66. The van der Waals surface area contributed by atoms with Crippen molar-refractivity contribution in [1.29, 1.82) is 0 Å². The number of hydrogen-bond acceptors (Lipinski definition) is 5. The second kappa shape index (κ2) is 5.66. The van der Waals surface area contributed by atoms with Crippen LogP contribution in [0, 0.1) is 0 Å². The average molecular weight is 279 g/mol. The van der Waals surface area contributed by atoms with Crippen molar-refractivity contribution in [3.8, 4) is 0 Å². The highest BCUT2D eigenvalue weighted by molar-refractivity contribution is 7.14. The van der Waals surface area contributed by atoms with E-state index >= 15 is 0 Å². The molecule has 0 spiro atoms. The molecule has 2 heterocycles. The largest absolute Gasteiger partial charge is 0.465 e.